The van der Waals surface area contributed by atoms with E-state index in [1.165, 1.54) is 21.5 Å². The molecule has 2 aromatic rings. The van der Waals surface area contributed by atoms with E-state index in [4.69, 9.17) is 5.11 Å². The molecule has 0 saturated heterocycles. The van der Waals surface area contributed by atoms with Gasteiger partial charge in [-0.1, -0.05) is 12.1 Å². The van der Waals surface area contributed by atoms with Gasteiger partial charge in [0.1, 0.15) is 0 Å². The molecule has 0 unspecified atom stereocenters. The molecule has 0 aliphatic carbocycles. The van der Waals surface area contributed by atoms with Crippen molar-refractivity contribution in [1.82, 2.24) is 0 Å². The molecule has 1 aromatic carbocycles. The van der Waals surface area contributed by atoms with Crippen molar-refractivity contribution in [3.8, 4) is 0 Å². The Morgan fingerprint density at radius 3 is 2.79 bits per heavy atom. The van der Waals surface area contributed by atoms with Gasteiger partial charge in [-0.3, -0.25) is 9.59 Å². The van der Waals surface area contributed by atoms with Gasteiger partial charge in [-0.05, 0) is 49.6 Å². The van der Waals surface area contributed by atoms with Gasteiger partial charge in [0.05, 0.1) is 5.75 Å². The lowest BCUT2D eigenvalue weighted by atomic mass is 10.2. The predicted octanol–water partition coefficient (Wildman–Crippen LogP) is 4.34. The lowest BCUT2D eigenvalue weighted by Gasteiger charge is -2.07. The van der Waals surface area contributed by atoms with Crippen LogP contribution in [-0.4, -0.2) is 22.7 Å². The third-order valence-corrected chi connectivity index (χ3v) is 5.38. The maximum atomic E-state index is 12.0. The van der Waals surface area contributed by atoms with Crippen LogP contribution in [0.25, 0.3) is 0 Å². The molecule has 2 rings (SSSR count). The number of amides is 1. The highest BCUT2D eigenvalue weighted by Crippen LogP contribution is 2.19. The average Bonchev–Trinajstić information content (AvgIpc) is 2.93. The molecule has 1 heterocycles. The number of carboxylic acids is 1. The molecular formula is C18H21NO3S2. The number of hydrogen-bond acceptors (Lipinski definition) is 4. The smallest absolute Gasteiger partial charge is 0.313 e. The van der Waals surface area contributed by atoms with E-state index in [0.717, 1.165) is 24.1 Å². The number of anilines is 1. The van der Waals surface area contributed by atoms with Gasteiger partial charge in [0.2, 0.25) is 5.91 Å². The third-order valence-electron chi connectivity index (χ3n) is 3.33. The zero-order valence-electron chi connectivity index (χ0n) is 13.6. The fourth-order valence-corrected chi connectivity index (χ4v) is 3.89. The van der Waals surface area contributed by atoms with Gasteiger partial charge < -0.3 is 10.4 Å². The van der Waals surface area contributed by atoms with Gasteiger partial charge in [0.25, 0.3) is 0 Å². The van der Waals surface area contributed by atoms with Gasteiger partial charge in [-0.25, -0.2) is 0 Å². The minimum atomic E-state index is -0.814. The predicted molar refractivity (Wildman–Crippen MR) is 101 cm³/mol. The Bertz CT molecular complexity index is 697. The number of nitrogens with one attached hydrogen (secondary N) is 1. The highest BCUT2D eigenvalue weighted by Gasteiger charge is 2.05. The monoisotopic (exact) mass is 363 g/mol. The van der Waals surface area contributed by atoms with Crippen molar-refractivity contribution in [2.45, 2.75) is 31.9 Å². The van der Waals surface area contributed by atoms with Gasteiger partial charge in [0.15, 0.2) is 0 Å². The van der Waals surface area contributed by atoms with Crippen molar-refractivity contribution in [2.75, 3.05) is 11.1 Å². The number of hydrogen-bond donors (Lipinski definition) is 2. The van der Waals surface area contributed by atoms with Crippen LogP contribution in [0.4, 0.5) is 5.69 Å². The molecule has 0 saturated carbocycles. The number of aliphatic carboxylic acids is 1. The summed E-state index contributed by atoms with van der Waals surface area (Å²) in [7, 11) is 0. The second-order valence-corrected chi connectivity index (χ2v) is 7.86. The summed E-state index contributed by atoms with van der Waals surface area (Å²) in [6.07, 6.45) is 2.26. The summed E-state index contributed by atoms with van der Waals surface area (Å²) in [6, 6.07) is 11.8. The molecule has 0 aliphatic rings. The number of carboxylic acid groups (broad SMARTS) is 1. The number of carbonyl (C=O) groups is 2. The topological polar surface area (TPSA) is 66.4 Å². The van der Waals surface area contributed by atoms with Crippen LogP contribution in [0, 0.1) is 6.92 Å². The molecule has 1 amide bonds. The summed E-state index contributed by atoms with van der Waals surface area (Å²) in [4.78, 5) is 25.2. The number of thiophene rings is 1. The van der Waals surface area contributed by atoms with E-state index in [1.54, 1.807) is 11.3 Å². The Labute approximate surface area is 150 Å². The minimum absolute atomic E-state index is 0.0126. The molecule has 0 bridgehead atoms. The first-order chi connectivity index (χ1) is 11.5. The summed E-state index contributed by atoms with van der Waals surface area (Å²) in [6.45, 7) is 2.09. The zero-order chi connectivity index (χ0) is 17.4. The average molecular weight is 364 g/mol. The highest BCUT2D eigenvalue weighted by molar-refractivity contribution is 7.99. The Balaban J connectivity index is 1.75. The van der Waals surface area contributed by atoms with Crippen molar-refractivity contribution < 1.29 is 14.7 Å². The molecule has 0 fully saturated rings. The number of carbonyl (C=O) groups excluding carboxylic acids is 1. The molecule has 128 valence electrons. The zero-order valence-corrected chi connectivity index (χ0v) is 15.2. The maximum Gasteiger partial charge on any atom is 0.313 e. The second kappa shape index (κ2) is 9.49. The Hall–Kier alpha value is -1.79. The van der Waals surface area contributed by atoms with E-state index < -0.39 is 5.97 Å². The van der Waals surface area contributed by atoms with Crippen LogP contribution in [0.1, 0.15) is 28.2 Å². The normalized spacial score (nSPS) is 10.5. The van der Waals surface area contributed by atoms with E-state index in [2.05, 4.69) is 24.4 Å². The van der Waals surface area contributed by atoms with E-state index >= 15 is 0 Å². The minimum Gasteiger partial charge on any atom is -0.481 e. The van der Waals surface area contributed by atoms with Crippen molar-refractivity contribution in [3.05, 3.63) is 51.7 Å². The van der Waals surface area contributed by atoms with E-state index in [1.807, 2.05) is 24.3 Å². The largest absolute Gasteiger partial charge is 0.481 e. The molecule has 0 radical (unpaired) electrons. The number of aryl methyl sites for hydroxylation is 2. The summed E-state index contributed by atoms with van der Waals surface area (Å²) < 4.78 is 0. The van der Waals surface area contributed by atoms with Crippen LogP contribution < -0.4 is 5.32 Å². The fraction of sp³-hybridized carbons (Fsp3) is 0.333. The summed E-state index contributed by atoms with van der Waals surface area (Å²) in [5, 5.41) is 11.6. The quantitative estimate of drug-likeness (QED) is 0.696. The van der Waals surface area contributed by atoms with Crippen LogP contribution in [-0.2, 0) is 21.8 Å². The Morgan fingerprint density at radius 1 is 1.25 bits per heavy atom. The van der Waals surface area contributed by atoms with Crippen LogP contribution >= 0.6 is 23.1 Å². The van der Waals surface area contributed by atoms with Crippen molar-refractivity contribution in [1.29, 1.82) is 0 Å². The third kappa shape index (κ3) is 6.76. The summed E-state index contributed by atoms with van der Waals surface area (Å²) in [5.41, 5.74) is 1.77. The standard InChI is InChI=1S/C18H21NO3S2/c1-13-8-9-16(24-13)6-3-7-17(20)19-15-5-2-4-14(10-15)11-23-12-18(21)22/h2,4-5,8-10H,3,6-7,11-12H2,1H3,(H,19,20)(H,21,22). The lowest BCUT2D eigenvalue weighted by molar-refractivity contribution is -0.133. The molecule has 4 nitrogen and oxygen atoms in total. The first kappa shape index (κ1) is 18.5. The van der Waals surface area contributed by atoms with E-state index in [-0.39, 0.29) is 11.7 Å². The molecule has 0 atom stereocenters. The summed E-state index contributed by atoms with van der Waals surface area (Å²) >= 11 is 3.12. The number of benzene rings is 1. The number of thioether (sulfide) groups is 1. The fourth-order valence-electron chi connectivity index (χ4n) is 2.26. The van der Waals surface area contributed by atoms with E-state index in [9.17, 15) is 9.59 Å². The molecule has 0 spiro atoms. The van der Waals surface area contributed by atoms with Crippen LogP contribution in [0.15, 0.2) is 36.4 Å². The molecule has 24 heavy (non-hydrogen) atoms. The first-order valence-electron chi connectivity index (χ1n) is 7.76. The van der Waals surface area contributed by atoms with Crippen molar-refractivity contribution >= 4 is 40.7 Å². The molecule has 0 aliphatic heterocycles. The lowest BCUT2D eigenvalue weighted by Crippen LogP contribution is -2.11. The first-order valence-corrected chi connectivity index (χ1v) is 9.73. The second-order valence-electron chi connectivity index (χ2n) is 5.50. The van der Waals surface area contributed by atoms with Crippen LogP contribution in [0.3, 0.4) is 0 Å². The SMILES string of the molecule is Cc1ccc(CCCC(=O)Nc2cccc(CSCC(=O)O)c2)s1. The van der Waals surface area contributed by atoms with E-state index in [0.29, 0.717) is 12.2 Å². The van der Waals surface area contributed by atoms with Gasteiger partial charge in [-0.2, -0.15) is 0 Å². The van der Waals surface area contributed by atoms with Crippen molar-refractivity contribution in [2.24, 2.45) is 0 Å². The maximum absolute atomic E-state index is 12.0. The van der Waals surface area contributed by atoms with Crippen LogP contribution in [0.2, 0.25) is 0 Å². The summed E-state index contributed by atoms with van der Waals surface area (Å²) in [5.74, 6) is -0.101. The van der Waals surface area contributed by atoms with Crippen molar-refractivity contribution in [3.63, 3.8) is 0 Å². The van der Waals surface area contributed by atoms with Gasteiger partial charge in [-0.15, -0.1) is 23.1 Å². The van der Waals surface area contributed by atoms with Gasteiger partial charge >= 0.3 is 5.97 Å². The molecule has 1 aromatic heterocycles. The van der Waals surface area contributed by atoms with Gasteiger partial charge in [0, 0.05) is 27.6 Å². The highest BCUT2D eigenvalue weighted by atomic mass is 32.2. The Morgan fingerprint density at radius 2 is 2.08 bits per heavy atom. The molecule has 6 heteroatoms. The van der Waals surface area contributed by atoms with Crippen LogP contribution in [0.5, 0.6) is 0 Å². The number of rotatable bonds is 9. The molecule has 2 N–H and O–H groups in total. The Kier molecular flexibility index (Phi) is 7.34. The molecular weight excluding hydrogens is 342 g/mol.